The van der Waals surface area contributed by atoms with Crippen molar-refractivity contribution in [3.8, 4) is 0 Å². The number of aromatic nitrogens is 4. The number of anilines is 1. The van der Waals surface area contributed by atoms with Gasteiger partial charge in [-0.1, -0.05) is 13.8 Å². The van der Waals surface area contributed by atoms with E-state index in [1.807, 2.05) is 4.57 Å². The molecule has 24 heavy (non-hydrogen) atoms. The van der Waals surface area contributed by atoms with Gasteiger partial charge >= 0.3 is 5.69 Å². The molecule has 0 aliphatic carbocycles. The lowest BCUT2D eigenvalue weighted by atomic mass is 10.1. The Morgan fingerprint density at radius 3 is 2.33 bits per heavy atom. The van der Waals surface area contributed by atoms with E-state index >= 15 is 0 Å². The third-order valence-corrected chi connectivity index (χ3v) is 4.90. The van der Waals surface area contributed by atoms with Crippen LogP contribution in [0.15, 0.2) is 9.59 Å². The van der Waals surface area contributed by atoms with Gasteiger partial charge in [0, 0.05) is 33.7 Å². The third-order valence-electron chi connectivity index (χ3n) is 4.90. The lowest BCUT2D eigenvalue weighted by Crippen LogP contribution is -2.37. The molecule has 0 atom stereocenters. The van der Waals surface area contributed by atoms with Crippen LogP contribution in [0.3, 0.4) is 0 Å². The second kappa shape index (κ2) is 6.45. The molecule has 0 saturated carbocycles. The van der Waals surface area contributed by atoms with Crippen LogP contribution >= 0.6 is 0 Å². The number of piperidine rings is 1. The minimum atomic E-state index is -0.328. The van der Waals surface area contributed by atoms with Gasteiger partial charge < -0.3 is 9.47 Å². The van der Waals surface area contributed by atoms with Crippen LogP contribution < -0.4 is 16.1 Å². The number of fused-ring (bicyclic) bond motifs is 1. The van der Waals surface area contributed by atoms with E-state index in [1.165, 1.54) is 22.6 Å². The van der Waals surface area contributed by atoms with Gasteiger partial charge in [-0.25, -0.2) is 4.79 Å². The molecule has 0 spiro atoms. The molecule has 0 aromatic carbocycles. The highest BCUT2D eigenvalue weighted by molar-refractivity contribution is 5.74. The van der Waals surface area contributed by atoms with Gasteiger partial charge in [0.2, 0.25) is 5.95 Å². The van der Waals surface area contributed by atoms with Gasteiger partial charge in [-0.05, 0) is 31.6 Å². The standard InChI is InChI=1S/C17H27N5O2/c1-12(2)8-11-22-13-14(19(3)17(24)20(4)15(13)23)18-16(22)21-9-6-5-7-10-21/h12H,5-11H2,1-4H3. The van der Waals surface area contributed by atoms with Gasteiger partial charge in [-0.2, -0.15) is 4.98 Å². The Morgan fingerprint density at radius 1 is 1.04 bits per heavy atom. The Hall–Kier alpha value is -2.05. The van der Waals surface area contributed by atoms with Crippen molar-refractivity contribution >= 4 is 17.1 Å². The average molecular weight is 333 g/mol. The maximum absolute atomic E-state index is 12.7. The van der Waals surface area contributed by atoms with Gasteiger partial charge in [0.05, 0.1) is 0 Å². The molecule has 0 bridgehead atoms. The van der Waals surface area contributed by atoms with Crippen molar-refractivity contribution in [3.63, 3.8) is 0 Å². The van der Waals surface area contributed by atoms with Gasteiger partial charge in [0.1, 0.15) is 0 Å². The van der Waals surface area contributed by atoms with Crippen molar-refractivity contribution < 1.29 is 0 Å². The highest BCUT2D eigenvalue weighted by atomic mass is 16.2. The molecule has 0 unspecified atom stereocenters. The van der Waals surface area contributed by atoms with Gasteiger partial charge in [-0.3, -0.25) is 13.9 Å². The molecule has 7 nitrogen and oxygen atoms in total. The van der Waals surface area contributed by atoms with E-state index in [0.717, 1.165) is 44.8 Å². The molecule has 1 aliphatic rings. The molecule has 3 rings (SSSR count). The summed E-state index contributed by atoms with van der Waals surface area (Å²) in [7, 11) is 3.22. The number of rotatable bonds is 4. The lowest BCUT2D eigenvalue weighted by Gasteiger charge is -2.28. The topological polar surface area (TPSA) is 65.1 Å². The van der Waals surface area contributed by atoms with Crippen LogP contribution in [0.25, 0.3) is 11.2 Å². The van der Waals surface area contributed by atoms with Crippen LogP contribution in [-0.2, 0) is 20.6 Å². The zero-order valence-corrected chi connectivity index (χ0v) is 15.1. The number of hydrogen-bond acceptors (Lipinski definition) is 4. The summed E-state index contributed by atoms with van der Waals surface area (Å²) < 4.78 is 4.69. The van der Waals surface area contributed by atoms with E-state index in [4.69, 9.17) is 4.98 Å². The normalized spacial score (nSPS) is 15.6. The summed E-state index contributed by atoms with van der Waals surface area (Å²) in [6.07, 6.45) is 4.50. The maximum Gasteiger partial charge on any atom is 0.332 e. The smallest absolute Gasteiger partial charge is 0.332 e. The van der Waals surface area contributed by atoms with Crippen molar-refractivity contribution in [1.82, 2.24) is 18.7 Å². The predicted octanol–water partition coefficient (Wildman–Crippen LogP) is 1.47. The zero-order valence-electron chi connectivity index (χ0n) is 15.1. The van der Waals surface area contributed by atoms with Crippen LogP contribution in [-0.4, -0.2) is 31.8 Å². The number of hydrogen-bond donors (Lipinski definition) is 0. The Balaban J connectivity index is 2.24. The van der Waals surface area contributed by atoms with Crippen LogP contribution in [0.5, 0.6) is 0 Å². The van der Waals surface area contributed by atoms with Crippen LogP contribution in [0.2, 0.25) is 0 Å². The monoisotopic (exact) mass is 333 g/mol. The first-order chi connectivity index (χ1) is 11.4. The van der Waals surface area contributed by atoms with Crippen molar-refractivity contribution in [2.45, 2.75) is 46.1 Å². The van der Waals surface area contributed by atoms with E-state index < -0.39 is 0 Å². The van der Waals surface area contributed by atoms with Crippen molar-refractivity contribution in [2.24, 2.45) is 20.0 Å². The van der Waals surface area contributed by atoms with E-state index in [2.05, 4.69) is 18.7 Å². The minimum absolute atomic E-state index is 0.257. The summed E-state index contributed by atoms with van der Waals surface area (Å²) in [5.74, 6) is 1.37. The molecular formula is C17H27N5O2. The summed E-state index contributed by atoms with van der Waals surface area (Å²) in [5, 5.41) is 0. The second-order valence-electron chi connectivity index (χ2n) is 7.17. The molecule has 132 valence electrons. The molecule has 3 heterocycles. The summed E-state index contributed by atoms with van der Waals surface area (Å²) in [6.45, 7) is 7.01. The fourth-order valence-electron chi connectivity index (χ4n) is 3.37. The Labute approximate surface area is 141 Å². The van der Waals surface area contributed by atoms with Gasteiger partial charge in [0.15, 0.2) is 11.2 Å². The Kier molecular flexibility index (Phi) is 4.51. The van der Waals surface area contributed by atoms with E-state index in [9.17, 15) is 9.59 Å². The molecular weight excluding hydrogens is 306 g/mol. The molecule has 1 fully saturated rings. The maximum atomic E-state index is 12.7. The van der Waals surface area contributed by atoms with Crippen molar-refractivity contribution in [3.05, 3.63) is 20.8 Å². The largest absolute Gasteiger partial charge is 0.342 e. The SMILES string of the molecule is CC(C)CCn1c(N2CCCCC2)nc2c1c(=O)n(C)c(=O)n2C. The molecule has 2 aromatic heterocycles. The first-order valence-electron chi connectivity index (χ1n) is 8.83. The third kappa shape index (κ3) is 2.76. The molecule has 2 aromatic rings. The van der Waals surface area contributed by atoms with Gasteiger partial charge in [0.25, 0.3) is 5.56 Å². The van der Waals surface area contributed by atoms with Crippen molar-refractivity contribution in [1.29, 1.82) is 0 Å². The summed E-state index contributed by atoms with van der Waals surface area (Å²) in [6, 6.07) is 0. The molecule has 0 N–H and O–H groups in total. The van der Waals surface area contributed by atoms with Crippen LogP contribution in [0.1, 0.15) is 39.5 Å². The fourth-order valence-corrected chi connectivity index (χ4v) is 3.37. The van der Waals surface area contributed by atoms with Crippen molar-refractivity contribution in [2.75, 3.05) is 18.0 Å². The van der Waals surface area contributed by atoms with Crippen LogP contribution in [0.4, 0.5) is 5.95 Å². The molecule has 0 amide bonds. The quantitative estimate of drug-likeness (QED) is 0.850. The first kappa shape index (κ1) is 16.8. The molecule has 0 radical (unpaired) electrons. The first-order valence-corrected chi connectivity index (χ1v) is 8.83. The average Bonchev–Trinajstić information content (AvgIpc) is 2.96. The predicted molar refractivity (Wildman–Crippen MR) is 95.7 cm³/mol. The number of nitrogens with zero attached hydrogens (tertiary/aromatic N) is 5. The summed E-state index contributed by atoms with van der Waals surface area (Å²) in [5.41, 5.74) is 0.451. The highest BCUT2D eigenvalue weighted by Gasteiger charge is 2.23. The Bertz CT molecular complexity index is 852. The number of aryl methyl sites for hydroxylation is 2. The molecule has 7 heteroatoms. The lowest BCUT2D eigenvalue weighted by molar-refractivity contribution is 0.507. The fraction of sp³-hybridized carbons (Fsp3) is 0.706. The van der Waals surface area contributed by atoms with E-state index in [1.54, 1.807) is 7.05 Å². The van der Waals surface area contributed by atoms with E-state index in [-0.39, 0.29) is 11.2 Å². The minimum Gasteiger partial charge on any atom is -0.342 e. The Morgan fingerprint density at radius 2 is 1.71 bits per heavy atom. The molecule has 1 aliphatic heterocycles. The highest BCUT2D eigenvalue weighted by Crippen LogP contribution is 2.24. The van der Waals surface area contributed by atoms with Crippen LogP contribution in [0, 0.1) is 5.92 Å². The molecule has 1 saturated heterocycles. The zero-order chi connectivity index (χ0) is 17.4. The summed E-state index contributed by atoms with van der Waals surface area (Å²) in [4.78, 5) is 31.9. The van der Waals surface area contributed by atoms with E-state index in [0.29, 0.717) is 17.1 Å². The van der Waals surface area contributed by atoms with Gasteiger partial charge in [-0.15, -0.1) is 0 Å². The summed E-state index contributed by atoms with van der Waals surface area (Å²) >= 11 is 0. The number of imidazole rings is 1. The second-order valence-corrected chi connectivity index (χ2v) is 7.17.